The summed E-state index contributed by atoms with van der Waals surface area (Å²) in [7, 11) is 0. The van der Waals surface area contributed by atoms with Gasteiger partial charge in [0.05, 0.1) is 0 Å². The number of rotatable bonds is 7. The van der Waals surface area contributed by atoms with Gasteiger partial charge in [-0.05, 0) is 25.0 Å². The van der Waals surface area contributed by atoms with Crippen LogP contribution in [0.25, 0.3) is 16.5 Å². The van der Waals surface area contributed by atoms with Gasteiger partial charge in [-0.25, -0.2) is 9.97 Å². The Balaban J connectivity index is 1.95. The first-order valence-corrected chi connectivity index (χ1v) is 9.37. The molecule has 8 heteroatoms. The van der Waals surface area contributed by atoms with Crippen molar-refractivity contribution in [3.05, 3.63) is 29.3 Å². The predicted molar refractivity (Wildman–Crippen MR) is 99.6 cm³/mol. The van der Waals surface area contributed by atoms with Crippen LogP contribution in [0.15, 0.2) is 23.7 Å². The molecule has 0 atom stereocenters. The average molecular weight is 358 g/mol. The molecule has 0 unspecified atom stereocenters. The molecule has 0 aliphatic heterocycles. The Kier molecular flexibility index (Phi) is 5.28. The van der Waals surface area contributed by atoms with E-state index in [0.717, 1.165) is 37.4 Å². The third-order valence-corrected chi connectivity index (χ3v) is 4.67. The molecule has 0 aromatic carbocycles. The summed E-state index contributed by atoms with van der Waals surface area (Å²) in [5.41, 5.74) is 7.21. The lowest BCUT2D eigenvalue weighted by atomic mass is 10.2. The summed E-state index contributed by atoms with van der Waals surface area (Å²) in [5, 5.41) is 6.99. The van der Waals surface area contributed by atoms with Crippen molar-refractivity contribution in [2.24, 2.45) is 0 Å². The molecule has 0 fully saturated rings. The molecule has 132 valence electrons. The van der Waals surface area contributed by atoms with Crippen molar-refractivity contribution < 1.29 is 4.79 Å². The normalized spacial score (nSPS) is 11.1. The Hall–Kier alpha value is -2.48. The summed E-state index contributed by atoms with van der Waals surface area (Å²) >= 11 is 1.46. The number of carbonyl (C=O) groups is 1. The number of hydrogen-bond donors (Lipinski definition) is 1. The highest BCUT2D eigenvalue weighted by Gasteiger charge is 2.18. The molecule has 25 heavy (non-hydrogen) atoms. The molecule has 0 aliphatic rings. The fourth-order valence-electron chi connectivity index (χ4n) is 2.67. The minimum atomic E-state index is -0.0108. The van der Waals surface area contributed by atoms with E-state index in [-0.39, 0.29) is 5.91 Å². The molecule has 0 bridgehead atoms. The Morgan fingerprint density at radius 2 is 2.12 bits per heavy atom. The van der Waals surface area contributed by atoms with Gasteiger partial charge in [-0.15, -0.1) is 16.4 Å². The van der Waals surface area contributed by atoms with E-state index in [1.54, 1.807) is 22.8 Å². The van der Waals surface area contributed by atoms with Crippen molar-refractivity contribution in [3.8, 4) is 10.8 Å². The van der Waals surface area contributed by atoms with Gasteiger partial charge < -0.3 is 10.6 Å². The van der Waals surface area contributed by atoms with E-state index in [4.69, 9.17) is 5.73 Å². The number of aromatic nitrogens is 4. The Morgan fingerprint density at radius 3 is 2.80 bits per heavy atom. The first kappa shape index (κ1) is 17.3. The van der Waals surface area contributed by atoms with E-state index < -0.39 is 0 Å². The molecule has 3 heterocycles. The molecule has 0 aliphatic carbocycles. The van der Waals surface area contributed by atoms with E-state index in [9.17, 15) is 4.79 Å². The molecule has 0 radical (unpaired) electrons. The van der Waals surface area contributed by atoms with Crippen LogP contribution < -0.4 is 5.73 Å². The van der Waals surface area contributed by atoms with Gasteiger partial charge >= 0.3 is 0 Å². The number of carbonyl (C=O) groups excluding carboxylic acids is 1. The van der Waals surface area contributed by atoms with E-state index in [2.05, 4.69) is 28.9 Å². The predicted octanol–water partition coefficient (Wildman–Crippen LogP) is 3.09. The first-order valence-electron chi connectivity index (χ1n) is 8.49. The Labute approximate surface area is 150 Å². The molecule has 0 spiro atoms. The zero-order valence-corrected chi connectivity index (χ0v) is 15.3. The number of nitrogen functional groups attached to an aromatic ring is 1. The van der Waals surface area contributed by atoms with Crippen LogP contribution in [0.3, 0.4) is 0 Å². The number of unbranched alkanes of at least 4 members (excludes halogenated alkanes) is 1. The zero-order valence-electron chi connectivity index (χ0n) is 14.5. The molecule has 7 nitrogen and oxygen atoms in total. The summed E-state index contributed by atoms with van der Waals surface area (Å²) in [6.45, 7) is 5.68. The van der Waals surface area contributed by atoms with Crippen molar-refractivity contribution in [2.45, 2.75) is 33.1 Å². The number of fused-ring (bicyclic) bond motifs is 1. The third-order valence-electron chi connectivity index (χ3n) is 3.90. The van der Waals surface area contributed by atoms with Gasteiger partial charge in [-0.2, -0.15) is 4.52 Å². The summed E-state index contributed by atoms with van der Waals surface area (Å²) in [6.07, 6.45) is 4.67. The number of nitrogens with zero attached hydrogens (tertiary/aromatic N) is 5. The number of pyridine rings is 1. The number of anilines is 1. The van der Waals surface area contributed by atoms with Crippen molar-refractivity contribution >= 4 is 28.7 Å². The monoisotopic (exact) mass is 358 g/mol. The van der Waals surface area contributed by atoms with Crippen LogP contribution >= 0.6 is 11.3 Å². The highest BCUT2D eigenvalue weighted by Crippen LogP contribution is 2.21. The molecule has 3 aromatic rings. The summed E-state index contributed by atoms with van der Waals surface area (Å²) in [5.74, 6) is 0.897. The highest BCUT2D eigenvalue weighted by molar-refractivity contribution is 7.13. The van der Waals surface area contributed by atoms with E-state index in [1.165, 1.54) is 11.3 Å². The minimum Gasteiger partial charge on any atom is -0.384 e. The maximum absolute atomic E-state index is 12.9. The molecule has 3 aromatic heterocycles. The quantitative estimate of drug-likeness (QED) is 0.701. The van der Waals surface area contributed by atoms with Crippen molar-refractivity contribution in [2.75, 3.05) is 18.8 Å². The van der Waals surface area contributed by atoms with Crippen LogP contribution in [0.4, 0.5) is 5.82 Å². The van der Waals surface area contributed by atoms with Gasteiger partial charge in [0.15, 0.2) is 10.7 Å². The molecule has 0 saturated carbocycles. The van der Waals surface area contributed by atoms with Gasteiger partial charge in [0, 0.05) is 30.2 Å². The summed E-state index contributed by atoms with van der Waals surface area (Å²) in [4.78, 5) is 23.5. The second kappa shape index (κ2) is 7.60. The van der Waals surface area contributed by atoms with Crippen molar-refractivity contribution in [1.82, 2.24) is 24.5 Å². The number of hydrogen-bond acceptors (Lipinski definition) is 6. The van der Waals surface area contributed by atoms with Crippen LogP contribution in [0.2, 0.25) is 0 Å². The van der Waals surface area contributed by atoms with Crippen LogP contribution in [-0.2, 0) is 0 Å². The van der Waals surface area contributed by atoms with Gasteiger partial charge in [0.1, 0.15) is 5.82 Å². The van der Waals surface area contributed by atoms with Gasteiger partial charge in [0.2, 0.25) is 5.82 Å². The first-order chi connectivity index (χ1) is 12.1. The molecule has 0 saturated heterocycles. The molecular weight excluding hydrogens is 336 g/mol. The van der Waals surface area contributed by atoms with Crippen molar-refractivity contribution in [3.63, 3.8) is 0 Å². The fourth-order valence-corrected chi connectivity index (χ4v) is 3.24. The van der Waals surface area contributed by atoms with Gasteiger partial charge in [-0.3, -0.25) is 4.79 Å². The fraction of sp³-hybridized carbons (Fsp3) is 0.412. The number of nitrogens with two attached hydrogens (primary N) is 1. The topological polar surface area (TPSA) is 89.4 Å². The lowest BCUT2D eigenvalue weighted by molar-refractivity contribution is 0.0753. The van der Waals surface area contributed by atoms with E-state index in [1.807, 2.05) is 10.3 Å². The van der Waals surface area contributed by atoms with Crippen LogP contribution in [0.1, 0.15) is 43.5 Å². The maximum atomic E-state index is 12.9. The highest BCUT2D eigenvalue weighted by atomic mass is 32.1. The van der Waals surface area contributed by atoms with Gasteiger partial charge in [0.25, 0.3) is 5.91 Å². The number of amides is 1. The van der Waals surface area contributed by atoms with Crippen molar-refractivity contribution in [1.29, 1.82) is 0 Å². The summed E-state index contributed by atoms with van der Waals surface area (Å²) in [6, 6.07) is 3.42. The second-order valence-electron chi connectivity index (χ2n) is 5.86. The third kappa shape index (κ3) is 3.63. The van der Waals surface area contributed by atoms with Gasteiger partial charge in [-0.1, -0.05) is 20.3 Å². The number of thiazole rings is 1. The van der Waals surface area contributed by atoms with E-state index in [0.29, 0.717) is 22.9 Å². The van der Waals surface area contributed by atoms with Crippen LogP contribution in [0.5, 0.6) is 0 Å². The SMILES string of the molecule is CCCCN(CCC)C(=O)c1cc(N)n2nc(-c3nccs3)nc2c1. The molecule has 2 N–H and O–H groups in total. The van der Waals surface area contributed by atoms with E-state index >= 15 is 0 Å². The average Bonchev–Trinajstić information content (AvgIpc) is 3.27. The smallest absolute Gasteiger partial charge is 0.254 e. The van der Waals surface area contributed by atoms with Crippen LogP contribution in [0, 0.1) is 0 Å². The minimum absolute atomic E-state index is 0.0108. The Morgan fingerprint density at radius 1 is 1.28 bits per heavy atom. The standard InChI is InChI=1S/C17H22N6OS/c1-3-5-8-22(7-4-2)17(24)12-10-13(18)23-14(11-12)20-15(21-23)16-19-6-9-25-16/h6,9-11H,3-5,7-8,18H2,1-2H3. The largest absolute Gasteiger partial charge is 0.384 e. The summed E-state index contributed by atoms with van der Waals surface area (Å²) < 4.78 is 1.55. The maximum Gasteiger partial charge on any atom is 0.254 e. The van der Waals surface area contributed by atoms with Crippen LogP contribution in [-0.4, -0.2) is 43.5 Å². The lowest BCUT2D eigenvalue weighted by Gasteiger charge is -2.22. The second-order valence-corrected chi connectivity index (χ2v) is 6.75. The lowest BCUT2D eigenvalue weighted by Crippen LogP contribution is -2.32. The Bertz CT molecular complexity index is 858. The zero-order chi connectivity index (χ0) is 17.8. The molecular formula is C17H22N6OS. The molecule has 3 rings (SSSR count). The molecule has 1 amide bonds.